The number of carbonyl (C=O) groups excluding carboxylic acids is 1. The molecule has 25 heavy (non-hydrogen) atoms. The molecule has 0 fully saturated rings. The SMILES string of the molecule is O=C(COc1ccccc1)N(c1ccc(Cl)cc1)[C@H]1C=CS(=O)(=O)C1. The van der Waals surface area contributed by atoms with E-state index in [1.807, 2.05) is 18.2 Å². The molecular formula is C18H16ClNO4S. The number of amides is 1. The lowest BCUT2D eigenvalue weighted by atomic mass is 10.2. The van der Waals surface area contributed by atoms with Gasteiger partial charge in [-0.25, -0.2) is 8.42 Å². The lowest BCUT2D eigenvalue weighted by Crippen LogP contribution is -2.43. The lowest BCUT2D eigenvalue weighted by Gasteiger charge is -2.27. The third-order valence-corrected chi connectivity index (χ3v) is 5.35. The van der Waals surface area contributed by atoms with Crippen LogP contribution >= 0.6 is 11.6 Å². The Kier molecular flexibility index (Phi) is 5.11. The van der Waals surface area contributed by atoms with Gasteiger partial charge in [0, 0.05) is 16.1 Å². The molecule has 3 rings (SSSR count). The number of ether oxygens (including phenoxy) is 1. The predicted molar refractivity (Wildman–Crippen MR) is 97.6 cm³/mol. The molecule has 0 unspecified atom stereocenters. The summed E-state index contributed by atoms with van der Waals surface area (Å²) in [5.74, 6) is 0.0894. The van der Waals surface area contributed by atoms with Gasteiger partial charge in [0.15, 0.2) is 16.4 Å². The molecule has 0 aliphatic carbocycles. The summed E-state index contributed by atoms with van der Waals surface area (Å²) in [6.07, 6.45) is 1.52. The summed E-state index contributed by atoms with van der Waals surface area (Å²) in [4.78, 5) is 14.2. The summed E-state index contributed by atoms with van der Waals surface area (Å²) in [6, 6.07) is 15.1. The lowest BCUT2D eigenvalue weighted by molar-refractivity contribution is -0.120. The van der Waals surface area contributed by atoms with E-state index in [1.165, 1.54) is 11.0 Å². The average Bonchev–Trinajstić information content (AvgIpc) is 2.95. The molecule has 0 saturated carbocycles. The first-order valence-corrected chi connectivity index (χ1v) is 9.70. The molecule has 2 aromatic rings. The molecular weight excluding hydrogens is 362 g/mol. The van der Waals surface area contributed by atoms with Gasteiger partial charge in [0.2, 0.25) is 0 Å². The van der Waals surface area contributed by atoms with Gasteiger partial charge in [-0.15, -0.1) is 0 Å². The smallest absolute Gasteiger partial charge is 0.265 e. The molecule has 1 aliphatic heterocycles. The molecule has 0 saturated heterocycles. The van der Waals surface area contributed by atoms with E-state index in [4.69, 9.17) is 16.3 Å². The molecule has 5 nitrogen and oxygen atoms in total. The highest BCUT2D eigenvalue weighted by atomic mass is 35.5. The van der Waals surface area contributed by atoms with Crippen LogP contribution in [0.3, 0.4) is 0 Å². The summed E-state index contributed by atoms with van der Waals surface area (Å²) in [5, 5.41) is 1.68. The van der Waals surface area contributed by atoms with Crippen molar-refractivity contribution in [3.63, 3.8) is 0 Å². The third-order valence-electron chi connectivity index (χ3n) is 3.72. The number of anilines is 1. The van der Waals surface area contributed by atoms with E-state index in [9.17, 15) is 13.2 Å². The number of halogens is 1. The first-order valence-electron chi connectivity index (χ1n) is 7.61. The number of rotatable bonds is 5. The summed E-state index contributed by atoms with van der Waals surface area (Å²) < 4.78 is 29.0. The van der Waals surface area contributed by atoms with Crippen LogP contribution < -0.4 is 9.64 Å². The van der Waals surface area contributed by atoms with Gasteiger partial charge < -0.3 is 9.64 Å². The van der Waals surface area contributed by atoms with Crippen molar-refractivity contribution in [3.8, 4) is 5.75 Å². The van der Waals surface area contributed by atoms with Gasteiger partial charge in [-0.3, -0.25) is 4.79 Å². The monoisotopic (exact) mass is 377 g/mol. The van der Waals surface area contributed by atoms with Crippen LogP contribution in [-0.2, 0) is 14.6 Å². The van der Waals surface area contributed by atoms with Crippen LogP contribution in [0.15, 0.2) is 66.1 Å². The van der Waals surface area contributed by atoms with Crippen molar-refractivity contribution in [3.05, 3.63) is 71.1 Å². The quantitative estimate of drug-likeness (QED) is 0.803. The van der Waals surface area contributed by atoms with E-state index in [-0.39, 0.29) is 18.3 Å². The fourth-order valence-corrected chi connectivity index (χ4v) is 3.97. The Hall–Kier alpha value is -2.31. The molecule has 0 N–H and O–H groups in total. The number of carbonyl (C=O) groups is 1. The van der Waals surface area contributed by atoms with Gasteiger partial charge in [-0.2, -0.15) is 0 Å². The number of hydrogen-bond acceptors (Lipinski definition) is 4. The van der Waals surface area contributed by atoms with E-state index < -0.39 is 15.9 Å². The van der Waals surface area contributed by atoms with E-state index >= 15 is 0 Å². The minimum atomic E-state index is -3.30. The Morgan fingerprint density at radius 3 is 2.40 bits per heavy atom. The predicted octanol–water partition coefficient (Wildman–Crippen LogP) is 3.06. The molecule has 130 valence electrons. The second-order valence-electron chi connectivity index (χ2n) is 5.57. The molecule has 1 amide bonds. The van der Waals surface area contributed by atoms with Crippen molar-refractivity contribution in [2.45, 2.75) is 6.04 Å². The standard InChI is InChI=1S/C18H16ClNO4S/c19-14-6-8-15(9-7-14)20(16-10-11-25(22,23)13-16)18(21)12-24-17-4-2-1-3-5-17/h1-11,16H,12-13H2/t16-/m0/s1. The number of hydrogen-bond donors (Lipinski definition) is 0. The molecule has 0 spiro atoms. The van der Waals surface area contributed by atoms with Crippen molar-refractivity contribution in [1.82, 2.24) is 0 Å². The van der Waals surface area contributed by atoms with Crippen LogP contribution in [0.2, 0.25) is 5.02 Å². The fourth-order valence-electron chi connectivity index (χ4n) is 2.57. The average molecular weight is 378 g/mol. The first-order chi connectivity index (χ1) is 11.9. The second kappa shape index (κ2) is 7.29. The van der Waals surface area contributed by atoms with Gasteiger partial charge in [0.1, 0.15) is 5.75 Å². The Morgan fingerprint density at radius 2 is 1.80 bits per heavy atom. The van der Waals surface area contributed by atoms with Gasteiger partial charge in [-0.05, 0) is 42.5 Å². The van der Waals surface area contributed by atoms with E-state index in [0.717, 1.165) is 5.41 Å². The summed E-state index contributed by atoms with van der Waals surface area (Å²) in [5.41, 5.74) is 0.567. The van der Waals surface area contributed by atoms with E-state index in [2.05, 4.69) is 0 Å². The van der Waals surface area contributed by atoms with Crippen LogP contribution in [0.25, 0.3) is 0 Å². The number of benzene rings is 2. The van der Waals surface area contributed by atoms with Gasteiger partial charge in [0.25, 0.3) is 5.91 Å². The summed E-state index contributed by atoms with van der Waals surface area (Å²) >= 11 is 5.90. The van der Waals surface area contributed by atoms with Gasteiger partial charge in [0.05, 0.1) is 11.8 Å². The molecule has 1 heterocycles. The Bertz CT molecular complexity index is 879. The van der Waals surface area contributed by atoms with E-state index in [1.54, 1.807) is 36.4 Å². The number of nitrogens with zero attached hydrogens (tertiary/aromatic N) is 1. The molecule has 0 bridgehead atoms. The van der Waals surface area contributed by atoms with Crippen LogP contribution in [-0.4, -0.2) is 32.7 Å². The Labute approximate surface area is 151 Å². The maximum absolute atomic E-state index is 12.7. The highest BCUT2D eigenvalue weighted by molar-refractivity contribution is 7.94. The van der Waals surface area contributed by atoms with Crippen molar-refractivity contribution in [1.29, 1.82) is 0 Å². The van der Waals surface area contributed by atoms with Crippen molar-refractivity contribution >= 4 is 33.0 Å². The van der Waals surface area contributed by atoms with Crippen LogP contribution in [0.1, 0.15) is 0 Å². The van der Waals surface area contributed by atoms with Crippen LogP contribution in [0.5, 0.6) is 5.75 Å². The first kappa shape index (κ1) is 17.5. The Balaban J connectivity index is 1.82. The minimum Gasteiger partial charge on any atom is -0.484 e. The normalized spacial score (nSPS) is 18.0. The van der Waals surface area contributed by atoms with Crippen molar-refractivity contribution < 1.29 is 17.9 Å². The van der Waals surface area contributed by atoms with Gasteiger partial charge in [-0.1, -0.05) is 29.8 Å². The molecule has 2 aromatic carbocycles. The molecule has 1 aliphatic rings. The zero-order valence-electron chi connectivity index (χ0n) is 13.2. The highest BCUT2D eigenvalue weighted by Gasteiger charge is 2.31. The molecule has 0 aromatic heterocycles. The molecule has 0 radical (unpaired) electrons. The maximum Gasteiger partial charge on any atom is 0.265 e. The van der Waals surface area contributed by atoms with Gasteiger partial charge >= 0.3 is 0 Å². The number of para-hydroxylation sites is 1. The topological polar surface area (TPSA) is 63.7 Å². The summed E-state index contributed by atoms with van der Waals surface area (Å²) in [6.45, 7) is -0.197. The second-order valence-corrected chi connectivity index (χ2v) is 7.93. The van der Waals surface area contributed by atoms with Crippen molar-refractivity contribution in [2.75, 3.05) is 17.3 Å². The largest absolute Gasteiger partial charge is 0.484 e. The van der Waals surface area contributed by atoms with Crippen LogP contribution in [0.4, 0.5) is 5.69 Å². The molecule has 1 atom stereocenters. The van der Waals surface area contributed by atoms with Crippen LogP contribution in [0, 0.1) is 0 Å². The highest BCUT2D eigenvalue weighted by Crippen LogP contribution is 2.25. The number of sulfone groups is 1. The minimum absolute atomic E-state index is 0.146. The zero-order chi connectivity index (χ0) is 17.9. The third kappa shape index (κ3) is 4.41. The maximum atomic E-state index is 12.7. The van der Waals surface area contributed by atoms with E-state index in [0.29, 0.717) is 16.5 Å². The van der Waals surface area contributed by atoms with Crippen molar-refractivity contribution in [2.24, 2.45) is 0 Å². The Morgan fingerprint density at radius 1 is 1.12 bits per heavy atom. The fraction of sp³-hybridized carbons (Fsp3) is 0.167. The molecule has 7 heteroatoms. The summed E-state index contributed by atoms with van der Waals surface area (Å²) in [7, 11) is -3.30. The zero-order valence-corrected chi connectivity index (χ0v) is 14.8.